The molecule has 1 aliphatic carbocycles. The van der Waals surface area contributed by atoms with Gasteiger partial charge in [0.1, 0.15) is 5.82 Å². The van der Waals surface area contributed by atoms with Gasteiger partial charge < -0.3 is 0 Å². The van der Waals surface area contributed by atoms with Crippen LogP contribution < -0.4 is 0 Å². The van der Waals surface area contributed by atoms with Crippen molar-refractivity contribution in [1.82, 2.24) is 0 Å². The van der Waals surface area contributed by atoms with E-state index >= 15 is 0 Å². The highest BCUT2D eigenvalue weighted by molar-refractivity contribution is 9.10. The van der Waals surface area contributed by atoms with Crippen LogP contribution in [0.5, 0.6) is 0 Å². The van der Waals surface area contributed by atoms with Crippen LogP contribution in [0.3, 0.4) is 0 Å². The van der Waals surface area contributed by atoms with E-state index in [2.05, 4.69) is 15.9 Å². The van der Waals surface area contributed by atoms with Crippen LogP contribution in [0.2, 0.25) is 0 Å². The molecule has 0 fully saturated rings. The molecule has 12 heavy (non-hydrogen) atoms. The van der Waals surface area contributed by atoms with Gasteiger partial charge in [0, 0.05) is 10.0 Å². The number of benzene rings is 1. The van der Waals surface area contributed by atoms with Gasteiger partial charge >= 0.3 is 0 Å². The van der Waals surface area contributed by atoms with E-state index in [0.29, 0.717) is 0 Å². The van der Waals surface area contributed by atoms with Gasteiger partial charge in [-0.05, 0) is 31.0 Å². The summed E-state index contributed by atoms with van der Waals surface area (Å²) in [4.78, 5) is 0. The molecule has 0 atom stereocenters. The zero-order valence-corrected chi connectivity index (χ0v) is 8.28. The van der Waals surface area contributed by atoms with Crippen LogP contribution in [0, 0.1) is 5.82 Å². The monoisotopic (exact) mass is 226 g/mol. The molecule has 0 saturated heterocycles. The Kier molecular flexibility index (Phi) is 1.80. The normalized spacial score (nSPS) is 14.4. The third-order valence-corrected chi connectivity index (χ3v) is 2.78. The molecule has 62 valence electrons. The third kappa shape index (κ3) is 1.11. The van der Waals surface area contributed by atoms with E-state index in [0.717, 1.165) is 22.0 Å². The molecule has 0 saturated carbocycles. The Hall–Kier alpha value is -0.630. The molecule has 0 heterocycles. The second-order valence-corrected chi connectivity index (χ2v) is 3.94. The van der Waals surface area contributed by atoms with Crippen LogP contribution in [-0.2, 0) is 6.42 Å². The predicted molar refractivity (Wildman–Crippen MR) is 51.5 cm³/mol. The predicted octanol–water partition coefficient (Wildman–Crippen LogP) is 3.55. The first kappa shape index (κ1) is 7.99. The lowest BCUT2D eigenvalue weighted by Gasteiger charge is -2.01. The molecule has 0 radical (unpaired) electrons. The Labute approximate surface area is 79.2 Å². The lowest BCUT2D eigenvalue weighted by atomic mass is 10.1. The fourth-order valence-corrected chi connectivity index (χ4v) is 2.01. The SMILES string of the molecule is CC1=Cc2c(Br)ccc(F)c2C1. The number of allylic oxidation sites excluding steroid dienone is 1. The highest BCUT2D eigenvalue weighted by atomic mass is 79.9. The Morgan fingerprint density at radius 3 is 2.83 bits per heavy atom. The molecular weight excluding hydrogens is 219 g/mol. The van der Waals surface area contributed by atoms with Crippen LogP contribution >= 0.6 is 15.9 Å². The lowest BCUT2D eigenvalue weighted by Crippen LogP contribution is -1.89. The maximum absolute atomic E-state index is 13.2. The van der Waals surface area contributed by atoms with Crippen molar-refractivity contribution in [2.75, 3.05) is 0 Å². The second kappa shape index (κ2) is 2.70. The van der Waals surface area contributed by atoms with E-state index in [1.54, 1.807) is 6.07 Å². The standard InChI is InChI=1S/C10H8BrF/c1-6-4-7-8(5-6)10(12)3-2-9(7)11/h2-4H,5H2,1H3. The van der Waals surface area contributed by atoms with Gasteiger partial charge in [0.05, 0.1) is 0 Å². The van der Waals surface area contributed by atoms with Crippen molar-refractivity contribution in [2.45, 2.75) is 13.3 Å². The molecule has 0 unspecified atom stereocenters. The Morgan fingerprint density at radius 2 is 2.17 bits per heavy atom. The first-order valence-electron chi connectivity index (χ1n) is 3.82. The quantitative estimate of drug-likeness (QED) is 0.635. The number of hydrogen-bond acceptors (Lipinski definition) is 0. The molecule has 0 spiro atoms. The minimum Gasteiger partial charge on any atom is -0.207 e. The van der Waals surface area contributed by atoms with E-state index in [1.807, 2.05) is 13.0 Å². The minimum absolute atomic E-state index is 0.0960. The van der Waals surface area contributed by atoms with E-state index in [-0.39, 0.29) is 5.82 Å². The van der Waals surface area contributed by atoms with Crippen molar-refractivity contribution in [2.24, 2.45) is 0 Å². The van der Waals surface area contributed by atoms with Gasteiger partial charge in [-0.25, -0.2) is 4.39 Å². The molecule has 1 aromatic carbocycles. The number of halogens is 2. The van der Waals surface area contributed by atoms with Gasteiger partial charge in [0.15, 0.2) is 0 Å². The second-order valence-electron chi connectivity index (χ2n) is 3.09. The summed E-state index contributed by atoms with van der Waals surface area (Å²) in [5.74, 6) is -0.0960. The van der Waals surface area contributed by atoms with Gasteiger partial charge in [-0.15, -0.1) is 0 Å². The summed E-state index contributed by atoms with van der Waals surface area (Å²) in [6.07, 6.45) is 2.78. The largest absolute Gasteiger partial charge is 0.207 e. The Balaban J connectivity index is 2.66. The van der Waals surface area contributed by atoms with Gasteiger partial charge in [-0.1, -0.05) is 27.6 Å². The summed E-state index contributed by atoms with van der Waals surface area (Å²) in [5.41, 5.74) is 3.05. The maximum Gasteiger partial charge on any atom is 0.127 e. The average Bonchev–Trinajstić information content (AvgIpc) is 2.41. The molecule has 2 heteroatoms. The van der Waals surface area contributed by atoms with Crippen molar-refractivity contribution >= 4 is 22.0 Å². The average molecular weight is 227 g/mol. The molecule has 0 bridgehead atoms. The van der Waals surface area contributed by atoms with Gasteiger partial charge in [-0.2, -0.15) is 0 Å². The van der Waals surface area contributed by atoms with Crippen LogP contribution in [-0.4, -0.2) is 0 Å². The van der Waals surface area contributed by atoms with E-state index in [1.165, 1.54) is 11.6 Å². The van der Waals surface area contributed by atoms with Crippen LogP contribution in [0.15, 0.2) is 22.2 Å². The number of hydrogen-bond donors (Lipinski definition) is 0. The minimum atomic E-state index is -0.0960. The first-order chi connectivity index (χ1) is 5.68. The Bertz CT molecular complexity index is 366. The highest BCUT2D eigenvalue weighted by Gasteiger charge is 2.16. The highest BCUT2D eigenvalue weighted by Crippen LogP contribution is 2.32. The van der Waals surface area contributed by atoms with Crippen molar-refractivity contribution < 1.29 is 4.39 Å². The van der Waals surface area contributed by atoms with Gasteiger partial charge in [-0.3, -0.25) is 0 Å². The third-order valence-electron chi connectivity index (χ3n) is 2.09. The molecule has 1 aliphatic rings. The summed E-state index contributed by atoms with van der Waals surface area (Å²) in [5, 5.41) is 0. The molecular formula is C10H8BrF. The summed E-state index contributed by atoms with van der Waals surface area (Å²) >= 11 is 3.40. The van der Waals surface area contributed by atoms with Crippen molar-refractivity contribution in [1.29, 1.82) is 0 Å². The summed E-state index contributed by atoms with van der Waals surface area (Å²) in [6.45, 7) is 2.02. The number of fused-ring (bicyclic) bond motifs is 1. The van der Waals surface area contributed by atoms with Crippen LogP contribution in [0.4, 0.5) is 4.39 Å². The van der Waals surface area contributed by atoms with Crippen molar-refractivity contribution in [3.05, 3.63) is 39.1 Å². The lowest BCUT2D eigenvalue weighted by molar-refractivity contribution is 0.614. The van der Waals surface area contributed by atoms with Crippen LogP contribution in [0.1, 0.15) is 18.1 Å². The molecule has 0 nitrogen and oxygen atoms in total. The molecule has 0 aliphatic heterocycles. The topological polar surface area (TPSA) is 0 Å². The summed E-state index contributed by atoms with van der Waals surface area (Å²) in [7, 11) is 0. The summed E-state index contributed by atoms with van der Waals surface area (Å²) in [6, 6.07) is 3.26. The number of rotatable bonds is 0. The molecule has 0 N–H and O–H groups in total. The zero-order valence-electron chi connectivity index (χ0n) is 6.70. The van der Waals surface area contributed by atoms with Gasteiger partial charge in [0.2, 0.25) is 0 Å². The fourth-order valence-electron chi connectivity index (χ4n) is 1.52. The summed E-state index contributed by atoms with van der Waals surface area (Å²) < 4.78 is 14.2. The van der Waals surface area contributed by atoms with Crippen molar-refractivity contribution in [3.8, 4) is 0 Å². The van der Waals surface area contributed by atoms with E-state index < -0.39 is 0 Å². The molecule has 2 rings (SSSR count). The molecule has 1 aromatic rings. The molecule has 0 aromatic heterocycles. The van der Waals surface area contributed by atoms with Crippen LogP contribution in [0.25, 0.3) is 6.08 Å². The van der Waals surface area contributed by atoms with E-state index in [4.69, 9.17) is 0 Å². The maximum atomic E-state index is 13.2. The van der Waals surface area contributed by atoms with Gasteiger partial charge in [0.25, 0.3) is 0 Å². The zero-order chi connectivity index (χ0) is 8.72. The molecule has 0 amide bonds. The van der Waals surface area contributed by atoms with E-state index in [9.17, 15) is 4.39 Å². The Morgan fingerprint density at radius 1 is 1.42 bits per heavy atom. The first-order valence-corrected chi connectivity index (χ1v) is 4.62. The fraction of sp³-hybridized carbons (Fsp3) is 0.200. The smallest absolute Gasteiger partial charge is 0.127 e. The van der Waals surface area contributed by atoms with Crippen molar-refractivity contribution in [3.63, 3.8) is 0 Å².